The van der Waals surface area contributed by atoms with Crippen molar-refractivity contribution in [2.45, 2.75) is 33.3 Å². The van der Waals surface area contributed by atoms with E-state index in [0.717, 1.165) is 28.6 Å². The molecular formula is C21H22BFO4. The Kier molecular flexibility index (Phi) is 5.84. The lowest BCUT2D eigenvalue weighted by Crippen LogP contribution is -2.10. The monoisotopic (exact) mass is 368 g/mol. The average molecular weight is 368 g/mol. The Morgan fingerprint density at radius 1 is 1.15 bits per heavy atom. The second-order valence-corrected chi connectivity index (χ2v) is 6.45. The van der Waals surface area contributed by atoms with Crippen molar-refractivity contribution in [3.8, 4) is 5.75 Å². The van der Waals surface area contributed by atoms with Crippen molar-refractivity contribution in [3.63, 3.8) is 0 Å². The zero-order chi connectivity index (χ0) is 19.4. The van der Waals surface area contributed by atoms with Crippen molar-refractivity contribution in [1.29, 1.82) is 0 Å². The number of carbonyl (C=O) groups excluding carboxylic acids is 1. The normalized spacial score (nSPS) is 10.9. The Balaban J connectivity index is 1.82. The van der Waals surface area contributed by atoms with E-state index in [1.807, 2.05) is 38.2 Å². The van der Waals surface area contributed by atoms with Gasteiger partial charge < -0.3 is 13.9 Å². The number of carbonyl (C=O) groups is 1. The number of halogens is 1. The van der Waals surface area contributed by atoms with Crippen molar-refractivity contribution < 1.29 is 23.1 Å². The van der Waals surface area contributed by atoms with Crippen LogP contribution in [0, 0.1) is 6.01 Å². The van der Waals surface area contributed by atoms with E-state index in [-0.39, 0.29) is 12.4 Å². The Bertz CT molecular complexity index is 964. The first-order valence-corrected chi connectivity index (χ1v) is 9.09. The van der Waals surface area contributed by atoms with Gasteiger partial charge in [-0.1, -0.05) is 25.1 Å². The van der Waals surface area contributed by atoms with Crippen LogP contribution >= 0.6 is 0 Å². The highest BCUT2D eigenvalue weighted by Gasteiger charge is 2.12. The van der Waals surface area contributed by atoms with Crippen LogP contribution in [0.4, 0.5) is 4.39 Å². The van der Waals surface area contributed by atoms with Crippen LogP contribution in [0.25, 0.3) is 11.0 Å². The number of hydrogen-bond acceptors (Lipinski definition) is 4. The lowest BCUT2D eigenvalue weighted by Gasteiger charge is -2.13. The summed E-state index contributed by atoms with van der Waals surface area (Å²) in [6, 6.07) is 10.4. The molecule has 0 spiro atoms. The van der Waals surface area contributed by atoms with Gasteiger partial charge in [-0.05, 0) is 42.1 Å². The van der Waals surface area contributed by atoms with E-state index in [0.29, 0.717) is 29.9 Å². The summed E-state index contributed by atoms with van der Waals surface area (Å²) >= 11 is 0. The van der Waals surface area contributed by atoms with Gasteiger partial charge in [0.1, 0.15) is 25.8 Å². The summed E-state index contributed by atoms with van der Waals surface area (Å²) in [5, 5.41) is 0.708. The van der Waals surface area contributed by atoms with Crippen LogP contribution < -0.4 is 10.2 Å². The molecule has 0 aliphatic heterocycles. The van der Waals surface area contributed by atoms with Gasteiger partial charge in [0, 0.05) is 17.0 Å². The molecule has 1 heterocycles. The summed E-state index contributed by atoms with van der Waals surface area (Å²) in [6.07, 6.45) is 1.04. The summed E-state index contributed by atoms with van der Waals surface area (Å²) in [6.45, 7) is 4.51. The molecule has 0 radical (unpaired) electrons. The number of hydrogen-bond donors (Lipinski definition) is 0. The fourth-order valence-electron chi connectivity index (χ4n) is 3.09. The van der Waals surface area contributed by atoms with Crippen LogP contribution in [-0.2, 0) is 29.0 Å². The summed E-state index contributed by atoms with van der Waals surface area (Å²) in [4.78, 5) is 11.9. The molecule has 6 heteroatoms. The molecule has 3 aromatic rings. The Morgan fingerprint density at radius 3 is 2.70 bits per heavy atom. The molecule has 27 heavy (non-hydrogen) atoms. The van der Waals surface area contributed by atoms with Crippen molar-refractivity contribution in [2.75, 3.05) is 6.61 Å². The van der Waals surface area contributed by atoms with Gasteiger partial charge in [-0.25, -0.2) is 0 Å². The molecule has 0 atom stereocenters. The zero-order valence-electron chi connectivity index (χ0n) is 15.8. The number of rotatable bonds is 7. The van der Waals surface area contributed by atoms with Gasteiger partial charge in [-0.3, -0.25) is 4.79 Å². The number of aryl methyl sites for hydroxylation is 1. The summed E-state index contributed by atoms with van der Waals surface area (Å²) in [5.74, 6) is 0.385. The molecule has 0 aliphatic carbocycles. The molecule has 0 N–H and O–H groups in total. The maximum Gasteiger partial charge on any atom is 0.310 e. The molecule has 3 rings (SSSR count). The van der Waals surface area contributed by atoms with E-state index in [2.05, 4.69) is 6.92 Å². The summed E-state index contributed by atoms with van der Waals surface area (Å²) < 4.78 is 29.5. The highest BCUT2D eigenvalue weighted by molar-refractivity contribution is 6.38. The quantitative estimate of drug-likeness (QED) is 0.475. The van der Waals surface area contributed by atoms with Gasteiger partial charge in [0.2, 0.25) is 0 Å². The van der Waals surface area contributed by atoms with Gasteiger partial charge in [-0.15, -0.1) is 0 Å². The minimum absolute atomic E-state index is 0.165. The fourth-order valence-corrected chi connectivity index (χ4v) is 3.09. The van der Waals surface area contributed by atoms with Gasteiger partial charge >= 0.3 is 5.97 Å². The third-order valence-corrected chi connectivity index (χ3v) is 4.41. The summed E-state index contributed by atoms with van der Waals surface area (Å²) in [5.41, 5.74) is 4.22. The van der Waals surface area contributed by atoms with Crippen molar-refractivity contribution in [2.24, 2.45) is 0 Å². The van der Waals surface area contributed by atoms with E-state index in [1.165, 1.54) is 6.07 Å². The molecule has 2 aromatic carbocycles. The molecule has 140 valence electrons. The maximum atomic E-state index is 13.4. The van der Waals surface area contributed by atoms with Crippen molar-refractivity contribution >= 4 is 30.2 Å². The Morgan fingerprint density at radius 2 is 1.96 bits per heavy atom. The largest absolute Gasteiger partial charge is 0.489 e. The lowest BCUT2D eigenvalue weighted by atomic mass is 9.92. The minimum atomic E-state index is -0.599. The zero-order valence-corrected chi connectivity index (χ0v) is 15.8. The second kappa shape index (κ2) is 8.29. The number of esters is 1. The van der Waals surface area contributed by atoms with E-state index in [9.17, 15) is 9.18 Å². The van der Waals surface area contributed by atoms with E-state index in [4.69, 9.17) is 13.9 Å². The standard InChI is InChI=1S/C21H22BFO4/c1-3-13-5-6-15(11-20(24)25-4-2)18(9-13)26-12-14-7-16-10-19(23)27-21(16)17(22)8-14/h5-10H,3-4,11-12,22H2,1-2H3. The van der Waals surface area contributed by atoms with Gasteiger partial charge in [-0.2, -0.15) is 4.39 Å². The molecule has 0 saturated heterocycles. The SMILES string of the molecule is Bc1cc(COc2cc(CC)ccc2CC(=O)OCC)cc2cc(F)oc12. The van der Waals surface area contributed by atoms with Crippen LogP contribution in [0.3, 0.4) is 0 Å². The lowest BCUT2D eigenvalue weighted by molar-refractivity contribution is -0.142. The van der Waals surface area contributed by atoms with Crippen LogP contribution in [0.2, 0.25) is 0 Å². The molecular weight excluding hydrogens is 346 g/mol. The highest BCUT2D eigenvalue weighted by Crippen LogP contribution is 2.24. The first-order valence-electron chi connectivity index (χ1n) is 9.09. The topological polar surface area (TPSA) is 48.7 Å². The van der Waals surface area contributed by atoms with E-state index < -0.39 is 6.01 Å². The first-order chi connectivity index (χ1) is 13.0. The van der Waals surface area contributed by atoms with Crippen LogP contribution in [-0.4, -0.2) is 20.4 Å². The first kappa shape index (κ1) is 19.0. The van der Waals surface area contributed by atoms with E-state index in [1.54, 1.807) is 6.92 Å². The molecule has 0 aliphatic rings. The smallest absolute Gasteiger partial charge is 0.310 e. The number of ether oxygens (including phenoxy) is 2. The molecule has 0 bridgehead atoms. The van der Waals surface area contributed by atoms with Gasteiger partial charge in [0.05, 0.1) is 13.0 Å². The van der Waals surface area contributed by atoms with E-state index >= 15 is 0 Å². The number of furan rings is 1. The van der Waals surface area contributed by atoms with Gasteiger partial charge in [0.15, 0.2) is 0 Å². The number of benzene rings is 2. The molecule has 4 nitrogen and oxygen atoms in total. The predicted octanol–water partition coefficient (Wildman–Crippen LogP) is 3.08. The fraction of sp³-hybridized carbons (Fsp3) is 0.286. The highest BCUT2D eigenvalue weighted by atomic mass is 19.1. The number of fused-ring (bicyclic) bond motifs is 1. The molecule has 0 saturated carbocycles. The Labute approximate surface area is 158 Å². The maximum absolute atomic E-state index is 13.4. The molecule has 0 unspecified atom stereocenters. The van der Waals surface area contributed by atoms with Crippen molar-refractivity contribution in [1.82, 2.24) is 0 Å². The molecule has 0 amide bonds. The predicted molar refractivity (Wildman–Crippen MR) is 105 cm³/mol. The molecule has 1 aromatic heterocycles. The third kappa shape index (κ3) is 4.51. The average Bonchev–Trinajstić information content (AvgIpc) is 3.02. The van der Waals surface area contributed by atoms with Gasteiger partial charge in [0.25, 0.3) is 6.01 Å². The Hall–Kier alpha value is -2.76. The molecule has 0 fully saturated rings. The van der Waals surface area contributed by atoms with Crippen molar-refractivity contribution in [3.05, 3.63) is 59.1 Å². The van der Waals surface area contributed by atoms with Crippen LogP contribution in [0.1, 0.15) is 30.5 Å². The second-order valence-electron chi connectivity index (χ2n) is 6.45. The minimum Gasteiger partial charge on any atom is -0.489 e. The van der Waals surface area contributed by atoms with Crippen LogP contribution in [0.5, 0.6) is 5.75 Å². The summed E-state index contributed by atoms with van der Waals surface area (Å²) in [7, 11) is 1.87. The third-order valence-electron chi connectivity index (χ3n) is 4.41. The van der Waals surface area contributed by atoms with Crippen LogP contribution in [0.15, 0.2) is 40.8 Å².